The van der Waals surface area contributed by atoms with Crippen molar-refractivity contribution in [2.75, 3.05) is 13.2 Å². The third-order valence-corrected chi connectivity index (χ3v) is 3.47. The number of nitrogens with zero attached hydrogens (tertiary/aromatic N) is 1. The fourth-order valence-corrected chi connectivity index (χ4v) is 2.65. The van der Waals surface area contributed by atoms with Crippen molar-refractivity contribution >= 4 is 17.4 Å². The second-order valence-corrected chi connectivity index (χ2v) is 4.44. The lowest BCUT2D eigenvalue weighted by Gasteiger charge is -2.30. The van der Waals surface area contributed by atoms with Crippen LogP contribution in [0.2, 0.25) is 0 Å². The van der Waals surface area contributed by atoms with E-state index >= 15 is 0 Å². The minimum atomic E-state index is -1.16. The fraction of sp³-hybridized carbons (Fsp3) is 0.154. The molecule has 1 aliphatic rings. The van der Waals surface area contributed by atoms with Crippen LogP contribution in [0.4, 0.5) is 0 Å². The average molecular weight is 226 g/mol. The number of aromatic nitrogens is 1. The summed E-state index contributed by atoms with van der Waals surface area (Å²) < 4.78 is 6.08. The van der Waals surface area contributed by atoms with Gasteiger partial charge in [0.05, 0.1) is 13.2 Å². The van der Waals surface area contributed by atoms with Gasteiger partial charge in [0.1, 0.15) is 0 Å². The summed E-state index contributed by atoms with van der Waals surface area (Å²) >= 11 is 0. The Morgan fingerprint density at radius 2 is 1.88 bits per heavy atom. The fourth-order valence-electron chi connectivity index (χ4n) is 2.65. The molecule has 86 valence electrons. The zero-order valence-electron chi connectivity index (χ0n) is 9.62. The molecular weight excluding hydrogens is 211 g/mol. The molecule has 1 atom stereocenters. The van der Waals surface area contributed by atoms with E-state index in [4.69, 9.17) is 4.65 Å². The molecule has 0 amide bonds. The monoisotopic (exact) mass is 226 g/mol. The molecule has 2 aromatic rings. The summed E-state index contributed by atoms with van der Waals surface area (Å²) in [7, 11) is 0. The van der Waals surface area contributed by atoms with Crippen molar-refractivity contribution in [2.24, 2.45) is 0 Å². The molecule has 1 aromatic heterocycles. The standard InChI is InChI=1S/C13H15BN2O/c1-2-5-12(6-3-1)14(16-9-10-17-14)13-7-4-8-15-11-13/h1-8,11H,9-10,16H2. The van der Waals surface area contributed by atoms with E-state index in [1.807, 2.05) is 18.3 Å². The molecule has 0 radical (unpaired) electrons. The van der Waals surface area contributed by atoms with Gasteiger partial charge in [-0.15, -0.1) is 5.46 Å². The van der Waals surface area contributed by atoms with Crippen molar-refractivity contribution in [2.45, 2.75) is 0 Å². The maximum atomic E-state index is 6.08. The van der Waals surface area contributed by atoms with E-state index < -0.39 is 6.48 Å². The van der Waals surface area contributed by atoms with Gasteiger partial charge < -0.3 is 9.88 Å². The maximum Gasteiger partial charge on any atom is 0.390 e. The first-order valence-corrected chi connectivity index (χ1v) is 6.01. The zero-order valence-corrected chi connectivity index (χ0v) is 9.62. The lowest BCUT2D eigenvalue weighted by atomic mass is 9.43. The highest BCUT2D eigenvalue weighted by molar-refractivity contribution is 6.90. The van der Waals surface area contributed by atoms with Crippen LogP contribution < -0.4 is 16.2 Å². The topological polar surface area (TPSA) is 38.7 Å². The number of hydrogen-bond acceptors (Lipinski definition) is 2. The van der Waals surface area contributed by atoms with Crippen molar-refractivity contribution in [1.82, 2.24) is 4.98 Å². The van der Waals surface area contributed by atoms with Gasteiger partial charge in [0.15, 0.2) is 0 Å². The van der Waals surface area contributed by atoms with E-state index in [9.17, 15) is 0 Å². The second kappa shape index (κ2) is 4.32. The van der Waals surface area contributed by atoms with Crippen LogP contribution in [0.25, 0.3) is 0 Å². The van der Waals surface area contributed by atoms with E-state index in [2.05, 4.69) is 40.5 Å². The van der Waals surface area contributed by atoms with Gasteiger partial charge in [0, 0.05) is 12.4 Å². The van der Waals surface area contributed by atoms with Crippen LogP contribution in [0, 0.1) is 0 Å². The van der Waals surface area contributed by atoms with E-state index in [1.165, 1.54) is 5.46 Å². The molecule has 1 aromatic carbocycles. The van der Waals surface area contributed by atoms with Gasteiger partial charge in [-0.05, 0) is 6.07 Å². The number of benzene rings is 1. The molecule has 3 rings (SSSR count). The zero-order chi connectivity index (χ0) is 11.6. The largest absolute Gasteiger partial charge is 0.528 e. The van der Waals surface area contributed by atoms with Crippen molar-refractivity contribution in [1.29, 1.82) is 0 Å². The normalized spacial score (nSPS) is 23.8. The van der Waals surface area contributed by atoms with Crippen molar-refractivity contribution < 1.29 is 9.88 Å². The highest BCUT2D eigenvalue weighted by atomic mass is 16.5. The Bertz CT molecular complexity index is 442. The van der Waals surface area contributed by atoms with Gasteiger partial charge in [-0.1, -0.05) is 41.9 Å². The van der Waals surface area contributed by atoms with Crippen LogP contribution in [0.3, 0.4) is 0 Å². The summed E-state index contributed by atoms with van der Waals surface area (Å²) in [6.07, 6.45) is 3.71. The molecule has 4 heteroatoms. The summed E-state index contributed by atoms with van der Waals surface area (Å²) in [4.78, 5) is 4.22. The van der Waals surface area contributed by atoms with Crippen molar-refractivity contribution in [3.8, 4) is 0 Å². The molecule has 1 saturated heterocycles. The molecule has 1 unspecified atom stereocenters. The van der Waals surface area contributed by atoms with Crippen molar-refractivity contribution in [3.05, 3.63) is 54.9 Å². The third kappa shape index (κ3) is 1.75. The number of rotatable bonds is 2. The van der Waals surface area contributed by atoms with Gasteiger partial charge in [0.25, 0.3) is 0 Å². The molecular formula is C13H15BN2O. The Labute approximate surface area is 101 Å². The van der Waals surface area contributed by atoms with E-state index in [-0.39, 0.29) is 0 Å². The first kappa shape index (κ1) is 10.5. The minimum absolute atomic E-state index is 0.795. The molecule has 0 spiro atoms. The molecule has 2 N–H and O–H groups in total. The van der Waals surface area contributed by atoms with Gasteiger partial charge in [-0.2, -0.15) is 0 Å². The van der Waals surface area contributed by atoms with Crippen LogP contribution in [-0.4, -0.2) is 24.6 Å². The summed E-state index contributed by atoms with van der Waals surface area (Å²) in [5, 5.41) is 2.30. The summed E-state index contributed by atoms with van der Waals surface area (Å²) in [6, 6.07) is 14.5. The summed E-state index contributed by atoms with van der Waals surface area (Å²) in [6.45, 7) is 0.643. The molecule has 1 fully saturated rings. The Morgan fingerprint density at radius 1 is 1.06 bits per heavy atom. The first-order chi connectivity index (χ1) is 8.42. The Kier molecular flexibility index (Phi) is 2.67. The Hall–Kier alpha value is -1.65. The number of nitrogens with two attached hydrogens (primary N) is 1. The van der Waals surface area contributed by atoms with E-state index in [0.717, 1.165) is 18.6 Å². The van der Waals surface area contributed by atoms with Gasteiger partial charge >= 0.3 is 6.48 Å². The van der Waals surface area contributed by atoms with Crippen LogP contribution in [0.15, 0.2) is 54.9 Å². The quantitative estimate of drug-likeness (QED) is 0.683. The minimum Gasteiger partial charge on any atom is -0.528 e. The smallest absolute Gasteiger partial charge is 0.390 e. The highest BCUT2D eigenvalue weighted by Crippen LogP contribution is 2.02. The predicted molar refractivity (Wildman–Crippen MR) is 68.4 cm³/mol. The molecule has 1 aliphatic heterocycles. The molecule has 0 aliphatic carbocycles. The van der Waals surface area contributed by atoms with Crippen molar-refractivity contribution in [3.63, 3.8) is 0 Å². The average Bonchev–Trinajstić information content (AvgIpc) is 2.91. The van der Waals surface area contributed by atoms with E-state index in [0.29, 0.717) is 0 Å². The van der Waals surface area contributed by atoms with Crippen LogP contribution in [0.5, 0.6) is 0 Å². The SMILES string of the molecule is c1ccc([B-]2(c3cccnc3)[NH2+]CCO2)cc1. The predicted octanol–water partition coefficient (Wildman–Crippen LogP) is -0.768. The molecule has 2 heterocycles. The molecule has 3 nitrogen and oxygen atoms in total. The maximum absolute atomic E-state index is 6.08. The van der Waals surface area contributed by atoms with Crippen LogP contribution in [0.1, 0.15) is 0 Å². The lowest BCUT2D eigenvalue weighted by molar-refractivity contribution is -0.514. The first-order valence-electron chi connectivity index (χ1n) is 6.01. The molecule has 0 saturated carbocycles. The summed E-state index contributed by atoms with van der Waals surface area (Å²) in [5.41, 5.74) is 2.40. The Balaban J connectivity index is 2.11. The molecule has 0 bridgehead atoms. The van der Waals surface area contributed by atoms with Crippen LogP contribution >= 0.6 is 0 Å². The Morgan fingerprint density at radius 3 is 2.53 bits per heavy atom. The third-order valence-electron chi connectivity index (χ3n) is 3.47. The van der Waals surface area contributed by atoms with E-state index in [1.54, 1.807) is 6.20 Å². The number of hydrogen-bond donors (Lipinski definition) is 1. The second-order valence-electron chi connectivity index (χ2n) is 4.44. The number of pyridine rings is 1. The lowest BCUT2D eigenvalue weighted by Crippen LogP contribution is -3.04. The van der Waals surface area contributed by atoms with Gasteiger partial charge in [-0.25, -0.2) is 0 Å². The van der Waals surface area contributed by atoms with Crippen LogP contribution in [-0.2, 0) is 4.65 Å². The van der Waals surface area contributed by atoms with Gasteiger partial charge in [-0.3, -0.25) is 4.98 Å². The number of quaternary nitrogens is 1. The molecule has 17 heavy (non-hydrogen) atoms. The summed E-state index contributed by atoms with van der Waals surface area (Å²) in [5.74, 6) is 0. The highest BCUT2D eigenvalue weighted by Gasteiger charge is 2.40. The van der Waals surface area contributed by atoms with Gasteiger partial charge in [0.2, 0.25) is 0 Å².